The fourth-order valence-electron chi connectivity index (χ4n) is 6.14. The number of halogens is 2. The first kappa shape index (κ1) is 28.6. The number of urea groups is 1. The normalized spacial score (nSPS) is 22.2. The van der Waals surface area contributed by atoms with E-state index in [4.69, 9.17) is 0 Å². The van der Waals surface area contributed by atoms with Crippen LogP contribution in [-0.4, -0.2) is 81.3 Å². The molecule has 0 aliphatic carbocycles. The lowest BCUT2D eigenvalue weighted by Gasteiger charge is -2.42. The van der Waals surface area contributed by atoms with Crippen molar-refractivity contribution in [2.45, 2.75) is 38.6 Å². The highest BCUT2D eigenvalue weighted by Gasteiger charge is 2.32. The molecular weight excluding hydrogens is 575 g/mol. The predicted octanol–water partition coefficient (Wildman–Crippen LogP) is 4.57. The molecule has 3 aromatic rings. The second kappa shape index (κ2) is 13.2. The van der Waals surface area contributed by atoms with Crippen molar-refractivity contribution in [2.75, 3.05) is 44.6 Å². The smallest absolute Gasteiger partial charge is 0.319 e. The van der Waals surface area contributed by atoms with Crippen LogP contribution in [0.15, 0.2) is 46.9 Å². The molecule has 214 valence electrons. The van der Waals surface area contributed by atoms with E-state index in [-0.39, 0.29) is 17.9 Å². The van der Waals surface area contributed by atoms with Crippen molar-refractivity contribution in [3.8, 4) is 11.4 Å². The third-order valence-corrected chi connectivity index (χ3v) is 8.61. The molecule has 11 heteroatoms. The Labute approximate surface area is 243 Å². The molecule has 0 spiro atoms. The minimum absolute atomic E-state index is 0.0924. The molecule has 0 unspecified atom stereocenters. The molecule has 3 heterocycles. The summed E-state index contributed by atoms with van der Waals surface area (Å²) in [5.74, 6) is 1.34. The van der Waals surface area contributed by atoms with E-state index < -0.39 is 0 Å². The summed E-state index contributed by atoms with van der Waals surface area (Å²) < 4.78 is 15.8. The van der Waals surface area contributed by atoms with E-state index in [1.165, 1.54) is 18.4 Å². The summed E-state index contributed by atoms with van der Waals surface area (Å²) in [6.07, 6.45) is 4.27. The third-order valence-electron chi connectivity index (χ3n) is 8.15. The van der Waals surface area contributed by atoms with Crippen molar-refractivity contribution < 1.29 is 9.18 Å². The van der Waals surface area contributed by atoms with Gasteiger partial charge in [0.15, 0.2) is 5.82 Å². The van der Waals surface area contributed by atoms with E-state index in [9.17, 15) is 9.18 Å². The van der Waals surface area contributed by atoms with Crippen LogP contribution in [0.25, 0.3) is 11.4 Å². The fourth-order valence-corrected chi connectivity index (χ4v) is 6.63. The first-order valence-corrected chi connectivity index (χ1v) is 15.0. The zero-order valence-corrected chi connectivity index (χ0v) is 24.8. The van der Waals surface area contributed by atoms with Gasteiger partial charge in [-0.25, -0.2) is 13.9 Å². The number of nitrogens with one attached hydrogen (secondary N) is 2. The summed E-state index contributed by atoms with van der Waals surface area (Å²) in [7, 11) is 1.78. The molecule has 2 aliphatic heterocycles. The molecule has 2 aliphatic rings. The SMILES string of the molecule is CCN1CC[C@@H](NC(=O)Nc2cc(Br)cc(-c3nnnn3C)c2)[C@H](CN2CCC[C@@H](Cc3ccc(F)cc3)C2)C1. The molecule has 2 fully saturated rings. The Balaban J connectivity index is 1.21. The monoisotopic (exact) mass is 612 g/mol. The second-order valence-corrected chi connectivity index (χ2v) is 12.0. The number of rotatable bonds is 8. The van der Waals surface area contributed by atoms with Crippen molar-refractivity contribution in [3.63, 3.8) is 0 Å². The third kappa shape index (κ3) is 7.44. The maximum Gasteiger partial charge on any atom is 0.319 e. The number of hydrogen-bond donors (Lipinski definition) is 2. The maximum atomic E-state index is 13.3. The summed E-state index contributed by atoms with van der Waals surface area (Å²) in [5, 5.41) is 18.0. The lowest BCUT2D eigenvalue weighted by atomic mass is 9.88. The Morgan fingerprint density at radius 2 is 1.93 bits per heavy atom. The van der Waals surface area contributed by atoms with Gasteiger partial charge in [0.2, 0.25) is 0 Å². The van der Waals surface area contributed by atoms with E-state index in [1.807, 2.05) is 30.3 Å². The molecule has 2 amide bonds. The van der Waals surface area contributed by atoms with Crippen LogP contribution in [-0.2, 0) is 13.5 Å². The maximum absolute atomic E-state index is 13.3. The van der Waals surface area contributed by atoms with E-state index in [0.29, 0.717) is 23.3 Å². The van der Waals surface area contributed by atoms with Gasteiger partial charge >= 0.3 is 6.03 Å². The van der Waals surface area contributed by atoms with Crippen molar-refractivity contribution in [1.29, 1.82) is 0 Å². The van der Waals surface area contributed by atoms with E-state index in [1.54, 1.807) is 23.9 Å². The second-order valence-electron chi connectivity index (χ2n) is 11.1. The lowest BCUT2D eigenvalue weighted by Crippen LogP contribution is -2.55. The quantitative estimate of drug-likeness (QED) is 0.387. The van der Waals surface area contributed by atoms with Crippen LogP contribution in [0.4, 0.5) is 14.9 Å². The standard InChI is InChI=1S/C29H38BrFN8O/c1-3-38-12-10-27(33-29(40)32-26-15-22(14-24(30)16-26)28-34-35-36-37(28)2)23(18-38)19-39-11-4-5-21(17-39)13-20-6-8-25(31)9-7-20/h6-9,14-16,21,23,27H,3-5,10-13,17-19H2,1-2H3,(H2,32,33,40)/t21-,23-,27+/m0/s1. The van der Waals surface area contributed by atoms with Crippen LogP contribution in [0.3, 0.4) is 0 Å². The van der Waals surface area contributed by atoms with Crippen LogP contribution in [0.1, 0.15) is 31.7 Å². The molecular formula is C29H38BrFN8O. The fraction of sp³-hybridized carbons (Fsp3) is 0.517. The number of tetrazole rings is 1. The highest BCUT2D eigenvalue weighted by atomic mass is 79.9. The average molecular weight is 614 g/mol. The Hall–Kier alpha value is -2.89. The largest absolute Gasteiger partial charge is 0.335 e. The summed E-state index contributed by atoms with van der Waals surface area (Å²) >= 11 is 3.54. The Morgan fingerprint density at radius 1 is 1.10 bits per heavy atom. The van der Waals surface area contributed by atoms with E-state index >= 15 is 0 Å². The molecule has 9 nitrogen and oxygen atoms in total. The van der Waals surface area contributed by atoms with Crippen LogP contribution >= 0.6 is 15.9 Å². The molecule has 2 aromatic carbocycles. The summed E-state index contributed by atoms with van der Waals surface area (Å²) in [6.45, 7) is 8.25. The van der Waals surface area contributed by atoms with Gasteiger partial charge in [-0.3, -0.25) is 0 Å². The van der Waals surface area contributed by atoms with E-state index in [2.05, 4.69) is 58.8 Å². The molecule has 0 bridgehead atoms. The summed E-state index contributed by atoms with van der Waals surface area (Å²) in [4.78, 5) is 18.2. The summed E-state index contributed by atoms with van der Waals surface area (Å²) in [5.41, 5.74) is 2.68. The number of likely N-dealkylation sites (tertiary alicyclic amines) is 2. The van der Waals surface area contributed by atoms with Gasteiger partial charge < -0.3 is 20.4 Å². The average Bonchev–Trinajstić information content (AvgIpc) is 3.36. The molecule has 5 rings (SSSR count). The lowest BCUT2D eigenvalue weighted by molar-refractivity contribution is 0.0876. The number of hydrogen-bond acceptors (Lipinski definition) is 6. The van der Waals surface area contributed by atoms with Crippen molar-refractivity contribution in [1.82, 2.24) is 35.3 Å². The molecule has 3 atom stereocenters. The van der Waals surface area contributed by atoms with Gasteiger partial charge in [0.1, 0.15) is 5.82 Å². The molecule has 40 heavy (non-hydrogen) atoms. The first-order valence-electron chi connectivity index (χ1n) is 14.2. The van der Waals surface area contributed by atoms with Gasteiger partial charge in [-0.15, -0.1) is 5.10 Å². The van der Waals surface area contributed by atoms with Crippen LogP contribution in [0, 0.1) is 17.7 Å². The zero-order valence-electron chi connectivity index (χ0n) is 23.2. The van der Waals surface area contributed by atoms with Crippen molar-refractivity contribution >= 4 is 27.6 Å². The number of aryl methyl sites for hydroxylation is 1. The number of carbonyl (C=O) groups excluding carboxylic acids is 1. The number of amides is 2. The number of anilines is 1. The molecule has 2 N–H and O–H groups in total. The van der Waals surface area contributed by atoms with Gasteiger partial charge in [-0.05, 0) is 91.0 Å². The molecule has 2 saturated heterocycles. The minimum Gasteiger partial charge on any atom is -0.335 e. The Morgan fingerprint density at radius 3 is 2.67 bits per heavy atom. The van der Waals surface area contributed by atoms with Gasteiger partial charge in [0.25, 0.3) is 0 Å². The van der Waals surface area contributed by atoms with Crippen LogP contribution in [0.2, 0.25) is 0 Å². The van der Waals surface area contributed by atoms with Gasteiger partial charge in [-0.1, -0.05) is 35.0 Å². The molecule has 0 radical (unpaired) electrons. The topological polar surface area (TPSA) is 91.2 Å². The highest BCUT2D eigenvalue weighted by molar-refractivity contribution is 9.10. The molecule has 1 aromatic heterocycles. The van der Waals surface area contributed by atoms with Crippen LogP contribution in [0.5, 0.6) is 0 Å². The van der Waals surface area contributed by atoms with Gasteiger partial charge in [-0.2, -0.15) is 0 Å². The molecule has 0 saturated carbocycles. The zero-order chi connectivity index (χ0) is 28.1. The number of aromatic nitrogens is 4. The van der Waals surface area contributed by atoms with E-state index in [0.717, 1.165) is 62.1 Å². The van der Waals surface area contributed by atoms with Crippen molar-refractivity contribution in [3.05, 3.63) is 58.3 Å². The Kier molecular flexibility index (Phi) is 9.44. The first-order chi connectivity index (χ1) is 19.4. The van der Waals surface area contributed by atoms with Crippen LogP contribution < -0.4 is 10.6 Å². The highest BCUT2D eigenvalue weighted by Crippen LogP contribution is 2.27. The number of carbonyl (C=O) groups is 1. The number of piperidine rings is 2. The number of nitrogens with zero attached hydrogens (tertiary/aromatic N) is 6. The Bertz CT molecular complexity index is 1290. The van der Waals surface area contributed by atoms with Gasteiger partial charge in [0, 0.05) is 60.9 Å². The summed E-state index contributed by atoms with van der Waals surface area (Å²) in [6, 6.07) is 12.5. The predicted molar refractivity (Wildman–Crippen MR) is 157 cm³/mol. The van der Waals surface area contributed by atoms with Gasteiger partial charge in [0.05, 0.1) is 0 Å². The number of benzene rings is 2. The van der Waals surface area contributed by atoms with Crippen molar-refractivity contribution in [2.24, 2.45) is 18.9 Å². The minimum atomic E-state index is -0.201.